The maximum atomic E-state index is 13.5. The van der Waals surface area contributed by atoms with Gasteiger partial charge in [-0.25, -0.2) is 4.39 Å². The average Bonchev–Trinajstić information content (AvgIpc) is 2.73. The lowest BCUT2D eigenvalue weighted by Crippen LogP contribution is -1.94. The van der Waals surface area contributed by atoms with Crippen molar-refractivity contribution < 1.29 is 4.39 Å². The van der Waals surface area contributed by atoms with Crippen LogP contribution in [0.4, 0.5) is 4.39 Å². The Morgan fingerprint density at radius 1 is 1.50 bits per heavy atom. The van der Waals surface area contributed by atoms with E-state index >= 15 is 0 Å². The maximum Gasteiger partial charge on any atom is 0.147 e. The molecular formula is C13H13FN2. The molecule has 3 heteroatoms. The van der Waals surface area contributed by atoms with Crippen LogP contribution in [0.5, 0.6) is 0 Å². The highest BCUT2D eigenvalue weighted by atomic mass is 19.1. The third-order valence-corrected chi connectivity index (χ3v) is 3.08. The molecule has 0 bridgehead atoms. The van der Waals surface area contributed by atoms with Crippen LogP contribution < -0.4 is 0 Å². The molecule has 2 rings (SSSR count). The molecule has 0 spiro atoms. The first-order valence-corrected chi connectivity index (χ1v) is 5.38. The second-order valence-electron chi connectivity index (χ2n) is 4.01. The van der Waals surface area contributed by atoms with Gasteiger partial charge in [-0.15, -0.1) is 0 Å². The molecule has 0 radical (unpaired) electrons. The first kappa shape index (κ1) is 10.7. The summed E-state index contributed by atoms with van der Waals surface area (Å²) in [6.45, 7) is 4.17. The predicted octanol–water partition coefficient (Wildman–Crippen LogP) is 3.69. The van der Waals surface area contributed by atoms with Gasteiger partial charge in [0, 0.05) is 11.6 Å². The Morgan fingerprint density at radius 2 is 2.25 bits per heavy atom. The molecule has 0 saturated carbocycles. The van der Waals surface area contributed by atoms with E-state index in [2.05, 4.69) is 24.9 Å². The number of rotatable bonds is 2. The second kappa shape index (κ2) is 3.97. The monoisotopic (exact) mass is 216 g/mol. The minimum Gasteiger partial charge on any atom is -0.357 e. The summed E-state index contributed by atoms with van der Waals surface area (Å²) in [4.78, 5) is 2.83. The summed E-state index contributed by atoms with van der Waals surface area (Å²) in [7, 11) is 0. The highest BCUT2D eigenvalue weighted by Gasteiger charge is 2.15. The van der Waals surface area contributed by atoms with Crippen LogP contribution in [-0.2, 0) is 0 Å². The summed E-state index contributed by atoms with van der Waals surface area (Å²) in [6, 6.07) is 5.34. The molecule has 1 atom stereocenters. The number of nitrogens with zero attached hydrogens (tertiary/aromatic N) is 1. The van der Waals surface area contributed by atoms with E-state index in [9.17, 15) is 4.39 Å². The van der Waals surface area contributed by atoms with Crippen molar-refractivity contribution in [3.8, 4) is 6.07 Å². The molecular weight excluding hydrogens is 203 g/mol. The van der Waals surface area contributed by atoms with Gasteiger partial charge >= 0.3 is 0 Å². The van der Waals surface area contributed by atoms with Gasteiger partial charge in [0.05, 0.1) is 11.1 Å². The lowest BCUT2D eigenvalue weighted by molar-refractivity contribution is 0.635. The molecule has 0 aliphatic carbocycles. The number of benzene rings is 1. The van der Waals surface area contributed by atoms with Gasteiger partial charge in [0.1, 0.15) is 11.9 Å². The zero-order valence-corrected chi connectivity index (χ0v) is 9.34. The Labute approximate surface area is 93.7 Å². The van der Waals surface area contributed by atoms with Crippen molar-refractivity contribution >= 4 is 10.9 Å². The number of nitrogens with one attached hydrogen (secondary N) is 1. The Morgan fingerprint density at radius 3 is 2.88 bits per heavy atom. The lowest BCUT2D eigenvalue weighted by Gasteiger charge is -2.11. The van der Waals surface area contributed by atoms with Crippen molar-refractivity contribution in [2.45, 2.75) is 26.2 Å². The van der Waals surface area contributed by atoms with Crippen LogP contribution in [0.3, 0.4) is 0 Å². The van der Waals surface area contributed by atoms with E-state index in [1.807, 2.05) is 0 Å². The van der Waals surface area contributed by atoms with Crippen molar-refractivity contribution in [1.82, 2.24) is 4.98 Å². The highest BCUT2D eigenvalue weighted by Crippen LogP contribution is 2.31. The van der Waals surface area contributed by atoms with Crippen molar-refractivity contribution in [3.05, 3.63) is 35.3 Å². The molecule has 1 unspecified atom stereocenters. The molecule has 0 amide bonds. The third kappa shape index (κ3) is 1.47. The van der Waals surface area contributed by atoms with Crippen LogP contribution >= 0.6 is 0 Å². The maximum absolute atomic E-state index is 13.5. The largest absolute Gasteiger partial charge is 0.357 e. The molecule has 0 fully saturated rings. The minimum absolute atomic E-state index is 0.302. The summed E-state index contributed by atoms with van der Waals surface area (Å²) in [5.41, 5.74) is 2.00. The number of halogens is 1. The van der Waals surface area contributed by atoms with E-state index in [4.69, 9.17) is 5.26 Å². The van der Waals surface area contributed by atoms with Crippen LogP contribution in [-0.4, -0.2) is 4.98 Å². The fourth-order valence-electron chi connectivity index (χ4n) is 1.96. The van der Waals surface area contributed by atoms with E-state index in [1.54, 1.807) is 12.3 Å². The Hall–Kier alpha value is -1.82. The van der Waals surface area contributed by atoms with Crippen LogP contribution in [0, 0.1) is 17.1 Å². The number of H-pyrrole nitrogens is 1. The fraction of sp³-hybridized carbons (Fsp3) is 0.308. The summed E-state index contributed by atoms with van der Waals surface area (Å²) < 4.78 is 13.5. The SMILES string of the molecule is CCC(C)c1ccc(F)c2[nH]cc(C#N)c12. The van der Waals surface area contributed by atoms with E-state index in [0.29, 0.717) is 17.0 Å². The highest BCUT2D eigenvalue weighted by molar-refractivity contribution is 5.89. The first-order valence-electron chi connectivity index (χ1n) is 5.38. The molecule has 0 aliphatic heterocycles. The van der Waals surface area contributed by atoms with Gasteiger partial charge in [-0.2, -0.15) is 5.26 Å². The predicted molar refractivity (Wildman–Crippen MR) is 61.7 cm³/mol. The number of hydrogen-bond donors (Lipinski definition) is 1. The zero-order valence-electron chi connectivity index (χ0n) is 9.34. The quantitative estimate of drug-likeness (QED) is 0.816. The Bertz CT molecular complexity index is 563. The molecule has 1 N–H and O–H groups in total. The number of nitriles is 1. The number of aromatic amines is 1. The normalized spacial score (nSPS) is 12.6. The zero-order chi connectivity index (χ0) is 11.7. The molecule has 16 heavy (non-hydrogen) atoms. The van der Waals surface area contributed by atoms with E-state index in [1.165, 1.54) is 6.07 Å². The van der Waals surface area contributed by atoms with Crippen molar-refractivity contribution in [2.24, 2.45) is 0 Å². The standard InChI is InChI=1S/C13H13FN2/c1-3-8(2)10-4-5-11(14)13-12(10)9(6-15)7-16-13/h4-5,7-8,16H,3H2,1-2H3. The van der Waals surface area contributed by atoms with Crippen LogP contribution in [0.2, 0.25) is 0 Å². The average molecular weight is 216 g/mol. The number of fused-ring (bicyclic) bond motifs is 1. The van der Waals surface area contributed by atoms with Crippen molar-refractivity contribution in [2.75, 3.05) is 0 Å². The summed E-state index contributed by atoms with van der Waals surface area (Å²) in [6.07, 6.45) is 2.54. The molecule has 2 nitrogen and oxygen atoms in total. The molecule has 1 aromatic heterocycles. The van der Waals surface area contributed by atoms with E-state index < -0.39 is 0 Å². The van der Waals surface area contributed by atoms with Gasteiger partial charge in [0.25, 0.3) is 0 Å². The van der Waals surface area contributed by atoms with Crippen LogP contribution in [0.25, 0.3) is 10.9 Å². The van der Waals surface area contributed by atoms with Crippen LogP contribution in [0.15, 0.2) is 18.3 Å². The van der Waals surface area contributed by atoms with Gasteiger partial charge < -0.3 is 4.98 Å². The van der Waals surface area contributed by atoms with Crippen molar-refractivity contribution in [3.63, 3.8) is 0 Å². The van der Waals surface area contributed by atoms with Gasteiger partial charge in [-0.1, -0.05) is 19.9 Å². The van der Waals surface area contributed by atoms with E-state index in [-0.39, 0.29) is 5.82 Å². The summed E-state index contributed by atoms with van der Waals surface area (Å²) >= 11 is 0. The lowest BCUT2D eigenvalue weighted by atomic mass is 9.94. The number of hydrogen-bond acceptors (Lipinski definition) is 1. The topological polar surface area (TPSA) is 39.6 Å². The van der Waals surface area contributed by atoms with Gasteiger partial charge in [0.15, 0.2) is 0 Å². The minimum atomic E-state index is -0.302. The summed E-state index contributed by atoms with van der Waals surface area (Å²) in [5.74, 6) is 0.0227. The molecule has 1 heterocycles. The molecule has 1 aromatic carbocycles. The third-order valence-electron chi connectivity index (χ3n) is 3.08. The second-order valence-corrected chi connectivity index (χ2v) is 4.01. The number of aromatic nitrogens is 1. The van der Waals surface area contributed by atoms with E-state index in [0.717, 1.165) is 17.4 Å². The molecule has 2 aromatic rings. The van der Waals surface area contributed by atoms with Crippen LogP contribution in [0.1, 0.15) is 37.3 Å². The smallest absolute Gasteiger partial charge is 0.147 e. The van der Waals surface area contributed by atoms with Gasteiger partial charge in [-0.05, 0) is 24.0 Å². The van der Waals surface area contributed by atoms with Crippen molar-refractivity contribution in [1.29, 1.82) is 5.26 Å². The first-order chi connectivity index (χ1) is 7.69. The molecule has 82 valence electrons. The fourth-order valence-corrected chi connectivity index (χ4v) is 1.96. The Balaban J connectivity index is 2.80. The molecule has 0 saturated heterocycles. The summed E-state index contributed by atoms with van der Waals surface area (Å²) in [5, 5.41) is 9.74. The van der Waals surface area contributed by atoms with Gasteiger partial charge in [0.2, 0.25) is 0 Å². The molecule has 0 aliphatic rings. The Kier molecular flexibility index (Phi) is 2.66. The van der Waals surface area contributed by atoms with Gasteiger partial charge in [-0.3, -0.25) is 0 Å².